The Bertz CT molecular complexity index is 428. The summed E-state index contributed by atoms with van der Waals surface area (Å²) in [4.78, 5) is 13.2. The number of carbonyl (C=O) groups is 1. The highest BCUT2D eigenvalue weighted by molar-refractivity contribution is 5.98. The van der Waals surface area contributed by atoms with Crippen molar-refractivity contribution in [2.75, 3.05) is 18.5 Å². The molecule has 18 heavy (non-hydrogen) atoms. The van der Waals surface area contributed by atoms with Crippen molar-refractivity contribution in [1.29, 1.82) is 0 Å². The Labute approximate surface area is 106 Å². The van der Waals surface area contributed by atoms with E-state index in [1.807, 2.05) is 6.92 Å². The number of urea groups is 1. The van der Waals surface area contributed by atoms with Crippen molar-refractivity contribution in [3.05, 3.63) is 29.8 Å². The molecule has 0 aliphatic heterocycles. The van der Waals surface area contributed by atoms with E-state index in [0.29, 0.717) is 12.1 Å². The third kappa shape index (κ3) is 3.38. The first-order valence-electron chi connectivity index (χ1n) is 5.69. The van der Waals surface area contributed by atoms with Crippen LogP contribution in [0.15, 0.2) is 29.4 Å². The van der Waals surface area contributed by atoms with Gasteiger partial charge in [-0.2, -0.15) is 0 Å². The largest absolute Gasteiger partial charge is 0.409 e. The molecule has 0 aromatic heterocycles. The maximum Gasteiger partial charge on any atom is 0.321 e. The highest BCUT2D eigenvalue weighted by atomic mass is 16.4. The molecule has 0 atom stereocenters. The Hall–Kier alpha value is -2.24. The van der Waals surface area contributed by atoms with Gasteiger partial charge < -0.3 is 16.3 Å². The maximum absolute atomic E-state index is 11.7. The van der Waals surface area contributed by atoms with Crippen molar-refractivity contribution in [2.24, 2.45) is 10.9 Å². The maximum atomic E-state index is 11.7. The molecule has 0 saturated carbocycles. The molecule has 98 valence electrons. The van der Waals surface area contributed by atoms with Crippen LogP contribution in [-0.2, 0) is 0 Å². The van der Waals surface area contributed by atoms with Crippen LogP contribution in [-0.4, -0.2) is 30.7 Å². The topological polar surface area (TPSA) is 91.0 Å². The number of nitrogens with two attached hydrogens (primary N) is 1. The van der Waals surface area contributed by atoms with Gasteiger partial charge in [-0.3, -0.25) is 4.90 Å². The number of carbonyl (C=O) groups excluding carboxylic acids is 1. The summed E-state index contributed by atoms with van der Waals surface area (Å²) < 4.78 is 0. The quantitative estimate of drug-likeness (QED) is 0.326. The molecule has 6 nitrogen and oxygen atoms in total. The average Bonchev–Trinajstić information content (AvgIpc) is 2.43. The summed E-state index contributed by atoms with van der Waals surface area (Å²) in [5.41, 5.74) is 6.79. The Balaban J connectivity index is 2.75. The third-order valence-corrected chi connectivity index (χ3v) is 2.49. The van der Waals surface area contributed by atoms with Gasteiger partial charge in [-0.1, -0.05) is 12.1 Å². The lowest BCUT2D eigenvalue weighted by Crippen LogP contribution is -2.37. The van der Waals surface area contributed by atoms with Crippen LogP contribution >= 0.6 is 0 Å². The summed E-state index contributed by atoms with van der Waals surface area (Å²) in [5, 5.41) is 14.2. The zero-order chi connectivity index (χ0) is 13.5. The van der Waals surface area contributed by atoms with E-state index in [9.17, 15) is 4.79 Å². The predicted octanol–water partition coefficient (Wildman–Crippen LogP) is 1.34. The normalized spacial score (nSPS) is 11.1. The Morgan fingerprint density at radius 1 is 1.44 bits per heavy atom. The van der Waals surface area contributed by atoms with Crippen molar-refractivity contribution in [2.45, 2.75) is 13.3 Å². The highest BCUT2D eigenvalue weighted by Gasteiger charge is 2.09. The van der Waals surface area contributed by atoms with E-state index in [0.717, 1.165) is 12.1 Å². The minimum absolute atomic E-state index is 0.0413. The molecular formula is C12H18N4O2. The van der Waals surface area contributed by atoms with E-state index in [4.69, 9.17) is 10.9 Å². The van der Waals surface area contributed by atoms with E-state index in [1.54, 1.807) is 31.3 Å². The summed E-state index contributed by atoms with van der Waals surface area (Å²) in [5.74, 6) is 0.0413. The van der Waals surface area contributed by atoms with E-state index in [2.05, 4.69) is 10.5 Å². The molecule has 0 bridgehead atoms. The summed E-state index contributed by atoms with van der Waals surface area (Å²) in [6, 6.07) is 6.69. The molecule has 0 fully saturated rings. The summed E-state index contributed by atoms with van der Waals surface area (Å²) in [7, 11) is 1.68. The van der Waals surface area contributed by atoms with E-state index in [-0.39, 0.29) is 11.9 Å². The fourth-order valence-electron chi connectivity index (χ4n) is 1.38. The second-order valence-electron chi connectivity index (χ2n) is 3.82. The van der Waals surface area contributed by atoms with Gasteiger partial charge in [0.05, 0.1) is 0 Å². The lowest BCUT2D eigenvalue weighted by molar-refractivity contribution is 0.247. The van der Waals surface area contributed by atoms with Crippen molar-refractivity contribution < 1.29 is 10.0 Å². The number of amidine groups is 1. The Morgan fingerprint density at radius 2 is 2.06 bits per heavy atom. The molecule has 0 unspecified atom stereocenters. The first kappa shape index (κ1) is 13.8. The highest BCUT2D eigenvalue weighted by Crippen LogP contribution is 2.13. The fraction of sp³-hybridized carbons (Fsp3) is 0.333. The Kier molecular flexibility index (Phi) is 4.98. The van der Waals surface area contributed by atoms with Gasteiger partial charge in [0, 0.05) is 24.8 Å². The van der Waals surface area contributed by atoms with E-state index in [1.165, 1.54) is 4.90 Å². The van der Waals surface area contributed by atoms with Crippen molar-refractivity contribution in [1.82, 2.24) is 5.32 Å². The molecule has 0 aliphatic carbocycles. The smallest absolute Gasteiger partial charge is 0.321 e. The molecule has 0 spiro atoms. The second-order valence-corrected chi connectivity index (χ2v) is 3.82. The lowest BCUT2D eigenvalue weighted by Gasteiger charge is -2.18. The SMILES string of the molecule is CCCNC(=O)N(C)c1ccc(C(N)=NO)cc1. The molecule has 0 aliphatic rings. The predicted molar refractivity (Wildman–Crippen MR) is 71.0 cm³/mol. The molecule has 0 radical (unpaired) electrons. The van der Waals surface area contributed by atoms with Crippen molar-refractivity contribution in [3.63, 3.8) is 0 Å². The molecule has 6 heteroatoms. The fourth-order valence-corrected chi connectivity index (χ4v) is 1.38. The summed E-state index contributed by atoms with van der Waals surface area (Å²) >= 11 is 0. The average molecular weight is 250 g/mol. The molecule has 0 heterocycles. The summed E-state index contributed by atoms with van der Waals surface area (Å²) in [6.45, 7) is 2.64. The van der Waals surface area contributed by atoms with Gasteiger partial charge in [0.1, 0.15) is 0 Å². The van der Waals surface area contributed by atoms with Crippen LogP contribution in [0.1, 0.15) is 18.9 Å². The molecule has 1 aromatic carbocycles. The first-order valence-corrected chi connectivity index (χ1v) is 5.69. The van der Waals surface area contributed by atoms with Crippen LogP contribution in [0.3, 0.4) is 0 Å². The second kappa shape index (κ2) is 6.48. The van der Waals surface area contributed by atoms with Crippen LogP contribution < -0.4 is 16.0 Å². The number of hydrogen-bond acceptors (Lipinski definition) is 3. The van der Waals surface area contributed by atoms with Crippen molar-refractivity contribution in [3.8, 4) is 0 Å². The van der Waals surface area contributed by atoms with Crippen LogP contribution in [0.25, 0.3) is 0 Å². The zero-order valence-electron chi connectivity index (χ0n) is 10.6. The number of rotatable bonds is 4. The number of anilines is 1. The number of amides is 2. The van der Waals surface area contributed by atoms with Gasteiger partial charge in [0.25, 0.3) is 0 Å². The number of nitrogens with zero attached hydrogens (tertiary/aromatic N) is 2. The standard InChI is InChI=1S/C12H18N4O2/c1-3-8-14-12(17)16(2)10-6-4-9(5-7-10)11(13)15-18/h4-7,18H,3,8H2,1-2H3,(H2,13,15)(H,14,17). The van der Waals surface area contributed by atoms with Gasteiger partial charge in [-0.15, -0.1) is 0 Å². The molecular weight excluding hydrogens is 232 g/mol. The lowest BCUT2D eigenvalue weighted by atomic mass is 10.2. The minimum atomic E-state index is -0.159. The van der Waals surface area contributed by atoms with Gasteiger partial charge in [-0.05, 0) is 30.7 Å². The van der Waals surface area contributed by atoms with Gasteiger partial charge in [0.2, 0.25) is 0 Å². The molecule has 4 N–H and O–H groups in total. The Morgan fingerprint density at radius 3 is 2.56 bits per heavy atom. The minimum Gasteiger partial charge on any atom is -0.409 e. The number of oxime groups is 1. The number of benzene rings is 1. The van der Waals surface area contributed by atoms with Gasteiger partial charge in [-0.25, -0.2) is 4.79 Å². The van der Waals surface area contributed by atoms with Crippen LogP contribution in [0.4, 0.5) is 10.5 Å². The number of hydrogen-bond donors (Lipinski definition) is 3. The van der Waals surface area contributed by atoms with E-state index >= 15 is 0 Å². The first-order chi connectivity index (χ1) is 8.60. The monoisotopic (exact) mass is 250 g/mol. The number of nitrogens with one attached hydrogen (secondary N) is 1. The van der Waals surface area contributed by atoms with Crippen LogP contribution in [0.2, 0.25) is 0 Å². The zero-order valence-corrected chi connectivity index (χ0v) is 10.6. The molecule has 1 aromatic rings. The third-order valence-electron chi connectivity index (χ3n) is 2.49. The van der Waals surface area contributed by atoms with Gasteiger partial charge in [0.15, 0.2) is 5.84 Å². The molecule has 2 amide bonds. The van der Waals surface area contributed by atoms with Crippen LogP contribution in [0, 0.1) is 0 Å². The molecule has 1 rings (SSSR count). The van der Waals surface area contributed by atoms with Crippen molar-refractivity contribution >= 4 is 17.6 Å². The summed E-state index contributed by atoms with van der Waals surface area (Å²) in [6.07, 6.45) is 0.891. The van der Waals surface area contributed by atoms with Gasteiger partial charge >= 0.3 is 6.03 Å². The van der Waals surface area contributed by atoms with Crippen LogP contribution in [0.5, 0.6) is 0 Å². The van der Waals surface area contributed by atoms with E-state index < -0.39 is 0 Å². The molecule has 0 saturated heterocycles.